The van der Waals surface area contributed by atoms with Gasteiger partial charge in [0, 0.05) is 12.6 Å². The highest BCUT2D eigenvalue weighted by Gasteiger charge is 2.25. The summed E-state index contributed by atoms with van der Waals surface area (Å²) in [6.45, 7) is 4.98. The van der Waals surface area contributed by atoms with Crippen LogP contribution in [0.1, 0.15) is 20.3 Å². The average molecular weight is 350 g/mol. The van der Waals surface area contributed by atoms with Gasteiger partial charge >= 0.3 is 0 Å². The third-order valence-corrected chi connectivity index (χ3v) is 6.00. The molecule has 0 aromatic carbocycles. The van der Waals surface area contributed by atoms with Crippen LogP contribution in [0.4, 0.5) is 0 Å². The van der Waals surface area contributed by atoms with E-state index in [2.05, 4.69) is 14.8 Å². The Morgan fingerprint density at radius 3 is 2.40 bits per heavy atom. The molecule has 0 amide bonds. The van der Waals surface area contributed by atoms with E-state index in [9.17, 15) is 16.8 Å². The van der Waals surface area contributed by atoms with Crippen molar-refractivity contribution >= 4 is 32.5 Å². The van der Waals surface area contributed by atoms with E-state index in [1.165, 1.54) is 6.92 Å². The molecule has 0 radical (unpaired) electrons. The van der Waals surface area contributed by atoms with Crippen LogP contribution in [0.15, 0.2) is 0 Å². The molecule has 2 unspecified atom stereocenters. The van der Waals surface area contributed by atoms with Crippen LogP contribution in [0, 0.1) is 5.92 Å². The highest BCUT2D eigenvalue weighted by atomic mass is 35.5. The maximum absolute atomic E-state index is 11.9. The van der Waals surface area contributed by atoms with Gasteiger partial charge in [-0.15, -0.1) is 12.4 Å². The first-order chi connectivity index (χ1) is 8.76. The van der Waals surface area contributed by atoms with E-state index in [0.29, 0.717) is 0 Å². The van der Waals surface area contributed by atoms with Crippen molar-refractivity contribution in [2.24, 2.45) is 5.92 Å². The predicted molar refractivity (Wildman–Crippen MR) is 82.1 cm³/mol. The van der Waals surface area contributed by atoms with Gasteiger partial charge < -0.3 is 5.32 Å². The molecule has 1 heterocycles. The van der Waals surface area contributed by atoms with Crippen LogP contribution in [0.2, 0.25) is 0 Å². The van der Waals surface area contributed by atoms with Gasteiger partial charge in [0.15, 0.2) is 0 Å². The van der Waals surface area contributed by atoms with Gasteiger partial charge in [-0.1, -0.05) is 6.92 Å². The number of rotatable bonds is 7. The summed E-state index contributed by atoms with van der Waals surface area (Å²) in [5.74, 6) is -0.0508. The van der Waals surface area contributed by atoms with E-state index in [-0.39, 0.29) is 42.4 Å². The van der Waals surface area contributed by atoms with Crippen LogP contribution < -0.4 is 14.8 Å². The molecule has 0 aliphatic carbocycles. The van der Waals surface area contributed by atoms with Gasteiger partial charge in [-0.3, -0.25) is 0 Å². The molecule has 0 aromatic rings. The normalized spacial score (nSPS) is 24.1. The van der Waals surface area contributed by atoms with Crippen molar-refractivity contribution in [3.63, 3.8) is 0 Å². The van der Waals surface area contributed by atoms with Crippen molar-refractivity contribution < 1.29 is 16.8 Å². The second-order valence-electron chi connectivity index (χ2n) is 4.81. The Kier molecular flexibility index (Phi) is 8.53. The van der Waals surface area contributed by atoms with Crippen molar-refractivity contribution in [3.8, 4) is 0 Å². The fraction of sp³-hybridized carbons (Fsp3) is 1.00. The van der Waals surface area contributed by atoms with Gasteiger partial charge in [0.05, 0.1) is 11.5 Å². The number of halogens is 1. The smallest absolute Gasteiger partial charge is 0.213 e. The molecule has 122 valence electrons. The highest BCUT2D eigenvalue weighted by Crippen LogP contribution is 2.11. The number of nitrogens with one attached hydrogen (secondary N) is 3. The first-order valence-electron chi connectivity index (χ1n) is 6.44. The molecular weight excluding hydrogens is 326 g/mol. The molecule has 1 fully saturated rings. The van der Waals surface area contributed by atoms with Gasteiger partial charge in [0.25, 0.3) is 0 Å². The lowest BCUT2D eigenvalue weighted by Crippen LogP contribution is -2.49. The SMILES string of the molecule is CCS(=O)(=O)NCCS(=O)(=O)NC1CCNCC1C.Cl. The maximum Gasteiger partial charge on any atom is 0.213 e. The van der Waals surface area contributed by atoms with Crippen LogP contribution in [0.5, 0.6) is 0 Å². The lowest BCUT2D eigenvalue weighted by molar-refractivity contribution is 0.328. The Labute approximate surface area is 127 Å². The lowest BCUT2D eigenvalue weighted by atomic mass is 9.97. The molecule has 0 aromatic heterocycles. The van der Waals surface area contributed by atoms with Gasteiger partial charge in [0.1, 0.15) is 0 Å². The van der Waals surface area contributed by atoms with E-state index in [1.54, 1.807) is 0 Å². The molecule has 1 rings (SSSR count). The maximum atomic E-state index is 11.9. The third-order valence-electron chi connectivity index (χ3n) is 3.19. The number of hydrogen-bond donors (Lipinski definition) is 3. The van der Waals surface area contributed by atoms with Crippen LogP contribution in [0.25, 0.3) is 0 Å². The largest absolute Gasteiger partial charge is 0.316 e. The summed E-state index contributed by atoms with van der Waals surface area (Å²) in [7, 11) is -6.79. The molecule has 20 heavy (non-hydrogen) atoms. The Morgan fingerprint density at radius 2 is 1.85 bits per heavy atom. The molecule has 7 nitrogen and oxygen atoms in total. The van der Waals surface area contributed by atoms with Crippen molar-refractivity contribution in [2.75, 3.05) is 31.1 Å². The fourth-order valence-corrected chi connectivity index (χ4v) is 3.96. The van der Waals surface area contributed by atoms with Crippen molar-refractivity contribution in [2.45, 2.75) is 26.3 Å². The molecule has 0 saturated carbocycles. The van der Waals surface area contributed by atoms with E-state index >= 15 is 0 Å². The van der Waals surface area contributed by atoms with E-state index in [0.717, 1.165) is 19.5 Å². The van der Waals surface area contributed by atoms with Gasteiger partial charge in [-0.2, -0.15) is 0 Å². The average Bonchev–Trinajstić information content (AvgIpc) is 2.31. The quantitative estimate of drug-likeness (QED) is 0.562. The Balaban J connectivity index is 0.00000361. The molecule has 0 bridgehead atoms. The zero-order valence-electron chi connectivity index (χ0n) is 11.8. The summed E-state index contributed by atoms with van der Waals surface area (Å²) in [4.78, 5) is 0. The van der Waals surface area contributed by atoms with E-state index in [1.807, 2.05) is 6.92 Å². The van der Waals surface area contributed by atoms with Gasteiger partial charge in [0.2, 0.25) is 20.0 Å². The number of sulfonamides is 2. The predicted octanol–water partition coefficient (Wildman–Crippen LogP) is -0.735. The Hall–Kier alpha value is 0.0700. The van der Waals surface area contributed by atoms with Crippen molar-refractivity contribution in [1.82, 2.24) is 14.8 Å². The fourth-order valence-electron chi connectivity index (χ4n) is 1.91. The molecule has 3 N–H and O–H groups in total. The first kappa shape index (κ1) is 20.1. The van der Waals surface area contributed by atoms with Crippen molar-refractivity contribution in [3.05, 3.63) is 0 Å². The molecule has 2 atom stereocenters. The lowest BCUT2D eigenvalue weighted by Gasteiger charge is -2.29. The second kappa shape index (κ2) is 8.50. The molecule has 0 spiro atoms. The Morgan fingerprint density at radius 1 is 1.20 bits per heavy atom. The standard InChI is InChI=1S/C10H23N3O4S2.ClH/c1-3-18(14,15)12-6-7-19(16,17)13-10-4-5-11-8-9(10)2;/h9-13H,3-8H2,1-2H3;1H. The summed E-state index contributed by atoms with van der Waals surface area (Å²) in [6, 6.07) is -0.0750. The highest BCUT2D eigenvalue weighted by molar-refractivity contribution is 7.90. The molecule has 10 heteroatoms. The Bertz CT molecular complexity index is 481. The minimum absolute atomic E-state index is 0. The zero-order valence-corrected chi connectivity index (χ0v) is 14.2. The topological polar surface area (TPSA) is 104 Å². The minimum atomic E-state index is -3.45. The van der Waals surface area contributed by atoms with Crippen LogP contribution in [-0.2, 0) is 20.0 Å². The van der Waals surface area contributed by atoms with Crippen LogP contribution in [-0.4, -0.2) is 54.0 Å². The van der Waals surface area contributed by atoms with Crippen molar-refractivity contribution in [1.29, 1.82) is 0 Å². The molecule has 1 aliphatic rings. The summed E-state index contributed by atoms with van der Waals surface area (Å²) < 4.78 is 51.0. The third kappa shape index (κ3) is 7.19. The number of piperidine rings is 1. The molecule has 1 saturated heterocycles. The van der Waals surface area contributed by atoms with Crippen LogP contribution >= 0.6 is 12.4 Å². The van der Waals surface area contributed by atoms with Gasteiger partial charge in [-0.25, -0.2) is 26.3 Å². The summed E-state index contributed by atoms with van der Waals surface area (Å²) >= 11 is 0. The van der Waals surface area contributed by atoms with Crippen LogP contribution in [0.3, 0.4) is 0 Å². The summed E-state index contributed by atoms with van der Waals surface area (Å²) in [5.41, 5.74) is 0. The van der Waals surface area contributed by atoms with E-state index in [4.69, 9.17) is 0 Å². The summed E-state index contributed by atoms with van der Waals surface area (Å²) in [6.07, 6.45) is 0.751. The monoisotopic (exact) mass is 349 g/mol. The minimum Gasteiger partial charge on any atom is -0.316 e. The molecular formula is C10H24ClN3O4S2. The first-order valence-corrected chi connectivity index (χ1v) is 9.74. The van der Waals surface area contributed by atoms with Gasteiger partial charge in [-0.05, 0) is 32.4 Å². The van der Waals surface area contributed by atoms with E-state index < -0.39 is 20.0 Å². The second-order valence-corrected chi connectivity index (χ2v) is 8.78. The summed E-state index contributed by atoms with van der Waals surface area (Å²) in [5, 5.41) is 3.19. The molecule has 1 aliphatic heterocycles. The number of hydrogen-bond acceptors (Lipinski definition) is 5. The zero-order chi connectivity index (χ0) is 14.5.